The van der Waals surface area contributed by atoms with E-state index in [4.69, 9.17) is 4.74 Å². The summed E-state index contributed by atoms with van der Waals surface area (Å²) >= 11 is 1.55. The van der Waals surface area contributed by atoms with Crippen LogP contribution in [0.25, 0.3) is 10.9 Å². The van der Waals surface area contributed by atoms with Gasteiger partial charge in [-0.15, -0.1) is 11.8 Å². The third-order valence-electron chi connectivity index (χ3n) is 3.38. The highest BCUT2D eigenvalue weighted by atomic mass is 32.2. The average Bonchev–Trinajstić information content (AvgIpc) is 2.59. The molecule has 0 fully saturated rings. The molecule has 0 atom stereocenters. The van der Waals surface area contributed by atoms with Crippen LogP contribution in [-0.2, 0) is 5.75 Å². The van der Waals surface area contributed by atoms with Crippen LogP contribution in [0.3, 0.4) is 0 Å². The first kappa shape index (κ1) is 15.3. The Hall–Kier alpha value is -2.60. The number of hydrogen-bond acceptors (Lipinski definition) is 5. The summed E-state index contributed by atoms with van der Waals surface area (Å²) in [5, 5.41) is 12.7. The number of methoxy groups -OCH3 is 1. The topological polar surface area (TPSA) is 65.3 Å². The highest BCUT2D eigenvalue weighted by Crippen LogP contribution is 2.32. The Morgan fingerprint density at radius 3 is 2.65 bits per heavy atom. The first-order valence-corrected chi connectivity index (χ1v) is 7.96. The molecule has 5 nitrogen and oxygen atoms in total. The van der Waals surface area contributed by atoms with Crippen molar-refractivity contribution in [1.82, 2.24) is 4.98 Å². The molecule has 2 aromatic carbocycles. The molecule has 0 amide bonds. The zero-order valence-electron chi connectivity index (χ0n) is 12.4. The number of non-ortho nitro benzene ring substituents is 1. The van der Waals surface area contributed by atoms with E-state index in [1.807, 2.05) is 42.5 Å². The Bertz CT molecular complexity index is 853. The van der Waals surface area contributed by atoms with Gasteiger partial charge in [-0.3, -0.25) is 10.1 Å². The highest BCUT2D eigenvalue weighted by molar-refractivity contribution is 7.98. The maximum atomic E-state index is 11.3. The van der Waals surface area contributed by atoms with E-state index in [-0.39, 0.29) is 5.69 Å². The summed E-state index contributed by atoms with van der Waals surface area (Å²) in [6, 6.07) is 16.9. The van der Waals surface area contributed by atoms with E-state index in [2.05, 4.69) is 4.98 Å². The van der Waals surface area contributed by atoms with Gasteiger partial charge in [-0.25, -0.2) is 4.98 Å². The highest BCUT2D eigenvalue weighted by Gasteiger charge is 2.16. The summed E-state index contributed by atoms with van der Waals surface area (Å²) in [6.07, 6.45) is 0. The van der Waals surface area contributed by atoms with Gasteiger partial charge in [0.15, 0.2) is 0 Å². The Morgan fingerprint density at radius 2 is 1.96 bits per heavy atom. The van der Waals surface area contributed by atoms with Crippen LogP contribution in [0.2, 0.25) is 0 Å². The summed E-state index contributed by atoms with van der Waals surface area (Å²) in [6.45, 7) is 0. The van der Waals surface area contributed by atoms with Gasteiger partial charge in [0.25, 0.3) is 5.69 Å². The van der Waals surface area contributed by atoms with Crippen molar-refractivity contribution in [3.8, 4) is 5.75 Å². The molecule has 0 spiro atoms. The smallest absolute Gasteiger partial charge is 0.299 e. The van der Waals surface area contributed by atoms with Gasteiger partial charge in [-0.2, -0.15) is 0 Å². The molecule has 23 heavy (non-hydrogen) atoms. The van der Waals surface area contributed by atoms with E-state index in [1.165, 1.54) is 18.7 Å². The van der Waals surface area contributed by atoms with Crippen molar-refractivity contribution in [1.29, 1.82) is 0 Å². The summed E-state index contributed by atoms with van der Waals surface area (Å²) in [7, 11) is 1.49. The van der Waals surface area contributed by atoms with Gasteiger partial charge in [0.1, 0.15) is 11.3 Å². The maximum Gasteiger partial charge on any atom is 0.299 e. The van der Waals surface area contributed by atoms with E-state index in [0.717, 1.165) is 10.8 Å². The number of nitrogens with zero attached hydrogens (tertiary/aromatic N) is 2. The van der Waals surface area contributed by atoms with Crippen LogP contribution >= 0.6 is 11.8 Å². The number of benzene rings is 2. The van der Waals surface area contributed by atoms with Crippen LogP contribution in [0.15, 0.2) is 59.6 Å². The Balaban J connectivity index is 1.94. The van der Waals surface area contributed by atoms with Crippen LogP contribution in [0.4, 0.5) is 5.69 Å². The number of fused-ring (bicyclic) bond motifs is 1. The Morgan fingerprint density at radius 1 is 1.17 bits per heavy atom. The van der Waals surface area contributed by atoms with Crippen molar-refractivity contribution in [2.45, 2.75) is 10.8 Å². The number of ether oxygens (including phenoxy) is 1. The summed E-state index contributed by atoms with van der Waals surface area (Å²) in [4.78, 5) is 15.3. The summed E-state index contributed by atoms with van der Waals surface area (Å²) in [5.74, 6) is 1.22. The third-order valence-corrected chi connectivity index (χ3v) is 4.38. The number of aromatic nitrogens is 1. The van der Waals surface area contributed by atoms with E-state index in [1.54, 1.807) is 17.8 Å². The van der Waals surface area contributed by atoms with Gasteiger partial charge in [-0.1, -0.05) is 30.3 Å². The van der Waals surface area contributed by atoms with Gasteiger partial charge in [-0.05, 0) is 23.8 Å². The molecule has 116 valence electrons. The standard InChI is InChI=1S/C17H14N2O3S/c1-22-14-9-13-7-8-16(18-17(13)15(10-14)19(20)21)23-11-12-5-3-2-4-6-12/h2-10H,11H2,1H3. The van der Waals surface area contributed by atoms with Crippen LogP contribution in [-0.4, -0.2) is 17.0 Å². The molecule has 0 aliphatic carbocycles. The molecule has 0 N–H and O–H groups in total. The molecule has 3 aromatic rings. The fraction of sp³-hybridized carbons (Fsp3) is 0.118. The molecule has 0 saturated heterocycles. The molecular formula is C17H14N2O3S. The fourth-order valence-electron chi connectivity index (χ4n) is 2.24. The van der Waals surface area contributed by atoms with Crippen LogP contribution < -0.4 is 4.74 Å². The first-order valence-electron chi connectivity index (χ1n) is 6.97. The monoisotopic (exact) mass is 326 g/mol. The molecule has 0 saturated carbocycles. The SMILES string of the molecule is COc1cc([N+](=O)[O-])c2nc(SCc3ccccc3)ccc2c1. The van der Waals surface area contributed by atoms with Gasteiger partial charge in [0, 0.05) is 11.1 Å². The van der Waals surface area contributed by atoms with Crippen molar-refractivity contribution < 1.29 is 9.66 Å². The van der Waals surface area contributed by atoms with Crippen molar-refractivity contribution in [3.63, 3.8) is 0 Å². The lowest BCUT2D eigenvalue weighted by Gasteiger charge is -2.06. The Kier molecular flexibility index (Phi) is 4.43. The molecule has 1 heterocycles. The normalized spacial score (nSPS) is 10.7. The van der Waals surface area contributed by atoms with Gasteiger partial charge < -0.3 is 4.74 Å². The number of pyridine rings is 1. The zero-order chi connectivity index (χ0) is 16.2. The van der Waals surface area contributed by atoms with Crippen molar-refractivity contribution in [2.75, 3.05) is 7.11 Å². The minimum absolute atomic E-state index is 0.0403. The largest absolute Gasteiger partial charge is 0.496 e. The van der Waals surface area contributed by atoms with Crippen LogP contribution in [0.5, 0.6) is 5.75 Å². The van der Waals surface area contributed by atoms with Gasteiger partial charge >= 0.3 is 0 Å². The third kappa shape index (κ3) is 3.43. The van der Waals surface area contributed by atoms with E-state index < -0.39 is 4.92 Å². The fourth-order valence-corrected chi connectivity index (χ4v) is 3.07. The lowest BCUT2D eigenvalue weighted by molar-refractivity contribution is -0.383. The molecule has 0 aliphatic rings. The molecule has 6 heteroatoms. The second kappa shape index (κ2) is 6.66. The quantitative estimate of drug-likeness (QED) is 0.394. The maximum absolute atomic E-state index is 11.3. The number of rotatable bonds is 5. The lowest BCUT2D eigenvalue weighted by atomic mass is 10.2. The number of thioether (sulfide) groups is 1. The second-order valence-corrected chi connectivity index (χ2v) is 5.89. The van der Waals surface area contributed by atoms with Crippen molar-refractivity contribution in [3.05, 3.63) is 70.3 Å². The van der Waals surface area contributed by atoms with Crippen molar-refractivity contribution in [2.24, 2.45) is 0 Å². The molecule has 0 radical (unpaired) electrons. The van der Waals surface area contributed by atoms with Crippen LogP contribution in [0.1, 0.15) is 5.56 Å². The van der Waals surface area contributed by atoms with Crippen LogP contribution in [0, 0.1) is 10.1 Å². The van der Waals surface area contributed by atoms with Crippen molar-refractivity contribution >= 4 is 28.4 Å². The molecule has 1 aromatic heterocycles. The lowest BCUT2D eigenvalue weighted by Crippen LogP contribution is -1.94. The van der Waals surface area contributed by atoms with Gasteiger partial charge in [0.2, 0.25) is 0 Å². The zero-order valence-corrected chi connectivity index (χ0v) is 13.2. The summed E-state index contributed by atoms with van der Waals surface area (Å²) < 4.78 is 5.11. The Labute approximate surface area is 137 Å². The van der Waals surface area contributed by atoms with E-state index in [9.17, 15) is 10.1 Å². The molecule has 3 rings (SSSR count). The molecular weight excluding hydrogens is 312 g/mol. The van der Waals surface area contributed by atoms with E-state index in [0.29, 0.717) is 16.7 Å². The predicted molar refractivity (Wildman–Crippen MR) is 91.0 cm³/mol. The number of nitro benzene ring substituents is 1. The number of hydrogen-bond donors (Lipinski definition) is 0. The molecule has 0 aliphatic heterocycles. The summed E-state index contributed by atoms with van der Waals surface area (Å²) in [5.41, 5.74) is 1.53. The molecule has 0 unspecified atom stereocenters. The first-order chi connectivity index (χ1) is 11.2. The minimum atomic E-state index is -0.427. The number of nitro groups is 1. The minimum Gasteiger partial charge on any atom is -0.496 e. The van der Waals surface area contributed by atoms with E-state index >= 15 is 0 Å². The molecule has 0 bridgehead atoms. The van der Waals surface area contributed by atoms with Gasteiger partial charge in [0.05, 0.1) is 23.1 Å². The second-order valence-electron chi connectivity index (χ2n) is 4.90. The predicted octanol–water partition coefficient (Wildman–Crippen LogP) is 4.44. The average molecular weight is 326 g/mol.